The van der Waals surface area contributed by atoms with Gasteiger partial charge in [0.1, 0.15) is 15.7 Å². The SMILES string of the molecule is CCc1nnc(NS(=O)(=O)c2cc(N)ccc2OC)s1. The smallest absolute Gasteiger partial charge is 0.267 e. The van der Waals surface area contributed by atoms with E-state index in [0.717, 1.165) is 5.01 Å². The molecule has 0 radical (unpaired) electrons. The van der Waals surface area contributed by atoms with E-state index in [2.05, 4.69) is 14.9 Å². The molecule has 0 atom stereocenters. The average Bonchev–Trinajstić information content (AvgIpc) is 2.85. The summed E-state index contributed by atoms with van der Waals surface area (Å²) in [6, 6.07) is 4.41. The molecule has 0 aliphatic carbocycles. The lowest BCUT2D eigenvalue weighted by atomic mass is 10.3. The van der Waals surface area contributed by atoms with E-state index >= 15 is 0 Å². The van der Waals surface area contributed by atoms with Crippen LogP contribution in [0.3, 0.4) is 0 Å². The number of ether oxygens (including phenoxy) is 1. The van der Waals surface area contributed by atoms with Gasteiger partial charge in [-0.25, -0.2) is 8.42 Å². The fraction of sp³-hybridized carbons (Fsp3) is 0.273. The number of hydrogen-bond donors (Lipinski definition) is 2. The van der Waals surface area contributed by atoms with Crippen LogP contribution in [0.2, 0.25) is 0 Å². The third-order valence-corrected chi connectivity index (χ3v) is 4.94. The van der Waals surface area contributed by atoms with Crippen LogP contribution in [0, 0.1) is 0 Å². The average molecular weight is 314 g/mol. The van der Waals surface area contributed by atoms with Gasteiger partial charge in [0.2, 0.25) is 5.13 Å². The van der Waals surface area contributed by atoms with E-state index in [-0.39, 0.29) is 15.8 Å². The van der Waals surface area contributed by atoms with Crippen LogP contribution >= 0.6 is 11.3 Å². The molecule has 2 rings (SSSR count). The molecule has 0 bridgehead atoms. The molecule has 2 aromatic rings. The standard InChI is InChI=1S/C11H14N4O3S2/c1-3-10-13-14-11(19-10)15-20(16,17)9-6-7(12)4-5-8(9)18-2/h4-6H,3,12H2,1-2H3,(H,14,15). The Balaban J connectivity index is 2.37. The molecule has 0 aliphatic rings. The first-order valence-corrected chi connectivity index (χ1v) is 8.05. The second kappa shape index (κ2) is 5.63. The van der Waals surface area contributed by atoms with Crippen LogP contribution in [0.25, 0.3) is 0 Å². The number of aromatic nitrogens is 2. The quantitative estimate of drug-likeness (QED) is 0.810. The van der Waals surface area contributed by atoms with E-state index in [4.69, 9.17) is 10.5 Å². The Morgan fingerprint density at radius 2 is 2.15 bits per heavy atom. The minimum Gasteiger partial charge on any atom is -0.495 e. The second-order valence-electron chi connectivity index (χ2n) is 3.87. The molecule has 0 saturated carbocycles. The summed E-state index contributed by atoms with van der Waals surface area (Å²) in [5.41, 5.74) is 5.96. The van der Waals surface area contributed by atoms with Crippen LogP contribution in [0.4, 0.5) is 10.8 Å². The Morgan fingerprint density at radius 1 is 1.40 bits per heavy atom. The maximum absolute atomic E-state index is 12.3. The van der Waals surface area contributed by atoms with E-state index in [0.29, 0.717) is 12.1 Å². The Hall–Kier alpha value is -1.87. The molecule has 0 saturated heterocycles. The molecule has 7 nitrogen and oxygen atoms in total. The molecule has 9 heteroatoms. The molecule has 3 N–H and O–H groups in total. The summed E-state index contributed by atoms with van der Waals surface area (Å²) >= 11 is 1.19. The Morgan fingerprint density at radius 3 is 2.75 bits per heavy atom. The van der Waals surface area contributed by atoms with E-state index in [9.17, 15) is 8.42 Å². The molecular weight excluding hydrogens is 300 g/mol. The van der Waals surface area contributed by atoms with Gasteiger partial charge in [-0.2, -0.15) is 0 Å². The van der Waals surface area contributed by atoms with Crippen molar-refractivity contribution in [2.75, 3.05) is 17.6 Å². The largest absolute Gasteiger partial charge is 0.495 e. The first-order valence-electron chi connectivity index (χ1n) is 5.75. The van der Waals surface area contributed by atoms with Crippen molar-refractivity contribution in [3.63, 3.8) is 0 Å². The van der Waals surface area contributed by atoms with Crippen molar-refractivity contribution < 1.29 is 13.2 Å². The van der Waals surface area contributed by atoms with E-state index in [1.807, 2.05) is 6.92 Å². The van der Waals surface area contributed by atoms with Crippen LogP contribution in [0.1, 0.15) is 11.9 Å². The molecule has 0 spiro atoms. The predicted octanol–water partition coefficient (Wildman–Crippen LogP) is 1.49. The number of benzene rings is 1. The highest BCUT2D eigenvalue weighted by Crippen LogP contribution is 2.28. The molecule has 20 heavy (non-hydrogen) atoms. The van der Waals surface area contributed by atoms with Crippen molar-refractivity contribution in [1.82, 2.24) is 10.2 Å². The first-order chi connectivity index (χ1) is 9.46. The molecule has 1 aromatic heterocycles. The maximum atomic E-state index is 12.3. The second-order valence-corrected chi connectivity index (χ2v) is 6.58. The molecular formula is C11H14N4O3S2. The fourth-order valence-electron chi connectivity index (χ4n) is 1.51. The van der Waals surface area contributed by atoms with Gasteiger partial charge in [-0.1, -0.05) is 18.3 Å². The zero-order valence-electron chi connectivity index (χ0n) is 11.0. The number of nitrogens with zero attached hydrogens (tertiary/aromatic N) is 2. The lowest BCUT2D eigenvalue weighted by Gasteiger charge is -2.10. The van der Waals surface area contributed by atoms with Gasteiger partial charge in [0.05, 0.1) is 7.11 Å². The summed E-state index contributed by atoms with van der Waals surface area (Å²) in [6.07, 6.45) is 0.695. The molecule has 0 fully saturated rings. The number of nitrogen functional groups attached to an aromatic ring is 1. The van der Waals surface area contributed by atoms with Crippen LogP contribution < -0.4 is 15.2 Å². The van der Waals surface area contributed by atoms with Crippen molar-refractivity contribution in [3.8, 4) is 5.75 Å². The van der Waals surface area contributed by atoms with Gasteiger partial charge >= 0.3 is 0 Å². The third-order valence-electron chi connectivity index (χ3n) is 2.47. The summed E-state index contributed by atoms with van der Waals surface area (Å²) < 4.78 is 32.1. The van der Waals surface area contributed by atoms with Crippen molar-refractivity contribution in [3.05, 3.63) is 23.2 Å². The zero-order chi connectivity index (χ0) is 14.8. The van der Waals surface area contributed by atoms with Gasteiger partial charge in [0, 0.05) is 5.69 Å². The van der Waals surface area contributed by atoms with Crippen LogP contribution in [0.5, 0.6) is 5.75 Å². The predicted molar refractivity (Wildman–Crippen MR) is 77.5 cm³/mol. The first kappa shape index (κ1) is 14.5. The molecule has 0 aliphatic heterocycles. The Kier molecular flexibility index (Phi) is 4.09. The molecule has 1 aromatic carbocycles. The van der Waals surface area contributed by atoms with Crippen molar-refractivity contribution in [2.24, 2.45) is 0 Å². The molecule has 108 valence electrons. The van der Waals surface area contributed by atoms with E-state index in [1.165, 1.54) is 30.6 Å². The number of aryl methyl sites for hydroxylation is 1. The van der Waals surface area contributed by atoms with Gasteiger partial charge in [0.25, 0.3) is 10.0 Å². The Labute approximate surface area is 120 Å². The minimum absolute atomic E-state index is 0.0340. The summed E-state index contributed by atoms with van der Waals surface area (Å²) in [4.78, 5) is -0.0340. The molecule has 1 heterocycles. The lowest BCUT2D eigenvalue weighted by Crippen LogP contribution is -2.14. The highest BCUT2D eigenvalue weighted by atomic mass is 32.2. The van der Waals surface area contributed by atoms with Crippen LogP contribution in [0.15, 0.2) is 23.1 Å². The number of anilines is 2. The summed E-state index contributed by atoms with van der Waals surface area (Å²) in [5, 5.41) is 8.61. The lowest BCUT2D eigenvalue weighted by molar-refractivity contribution is 0.403. The van der Waals surface area contributed by atoms with E-state index < -0.39 is 10.0 Å². The van der Waals surface area contributed by atoms with Gasteiger partial charge < -0.3 is 10.5 Å². The third kappa shape index (κ3) is 2.99. The summed E-state index contributed by atoms with van der Waals surface area (Å²) in [5.74, 6) is 0.215. The summed E-state index contributed by atoms with van der Waals surface area (Å²) in [7, 11) is -2.43. The number of nitrogens with one attached hydrogen (secondary N) is 1. The number of methoxy groups -OCH3 is 1. The van der Waals surface area contributed by atoms with Gasteiger partial charge in [0.15, 0.2) is 0 Å². The van der Waals surface area contributed by atoms with Crippen LogP contribution in [-0.4, -0.2) is 25.7 Å². The summed E-state index contributed by atoms with van der Waals surface area (Å²) in [6.45, 7) is 1.92. The molecule has 0 amide bonds. The van der Waals surface area contributed by atoms with Gasteiger partial charge in [-0.15, -0.1) is 10.2 Å². The number of nitrogens with two attached hydrogens (primary N) is 1. The highest BCUT2D eigenvalue weighted by Gasteiger charge is 2.21. The van der Waals surface area contributed by atoms with E-state index in [1.54, 1.807) is 6.07 Å². The van der Waals surface area contributed by atoms with Crippen LogP contribution in [-0.2, 0) is 16.4 Å². The Bertz CT molecular complexity index is 712. The van der Waals surface area contributed by atoms with Crippen molar-refractivity contribution >= 4 is 32.2 Å². The van der Waals surface area contributed by atoms with Crippen molar-refractivity contribution in [1.29, 1.82) is 0 Å². The number of sulfonamides is 1. The fourth-order valence-corrected chi connectivity index (χ4v) is 3.63. The maximum Gasteiger partial charge on any atom is 0.267 e. The van der Waals surface area contributed by atoms with Gasteiger partial charge in [-0.05, 0) is 24.6 Å². The number of hydrogen-bond acceptors (Lipinski definition) is 7. The zero-order valence-corrected chi connectivity index (χ0v) is 12.6. The van der Waals surface area contributed by atoms with Gasteiger partial charge in [-0.3, -0.25) is 4.72 Å². The topological polar surface area (TPSA) is 107 Å². The number of rotatable bonds is 5. The van der Waals surface area contributed by atoms with Crippen molar-refractivity contribution in [2.45, 2.75) is 18.2 Å². The normalized spacial score (nSPS) is 11.3. The monoisotopic (exact) mass is 314 g/mol. The minimum atomic E-state index is -3.82. The highest BCUT2D eigenvalue weighted by molar-refractivity contribution is 7.93. The molecule has 0 unspecified atom stereocenters.